The standard InChI is InChI=1S/C27H33N3O4/c1-6-16-33-19-23(31)17-29(20(2)3)18-24-21(4)28-30(22-12-8-7-9-13-22)27(24)34-26-15-11-10-14-25(26)32-5/h1,7-15,20,23,31H,16-19H2,2-5H3/t23-/m1/s1. The van der Waals surface area contributed by atoms with E-state index in [1.165, 1.54) is 0 Å². The van der Waals surface area contributed by atoms with Crippen LogP contribution in [0.2, 0.25) is 0 Å². The minimum absolute atomic E-state index is 0.167. The Morgan fingerprint density at radius 1 is 1.09 bits per heavy atom. The van der Waals surface area contributed by atoms with Crippen molar-refractivity contribution in [2.75, 3.05) is 26.9 Å². The van der Waals surface area contributed by atoms with Gasteiger partial charge >= 0.3 is 0 Å². The van der Waals surface area contributed by atoms with E-state index in [4.69, 9.17) is 25.7 Å². The van der Waals surface area contributed by atoms with Gasteiger partial charge in [-0.3, -0.25) is 4.90 Å². The number of methoxy groups -OCH3 is 1. The normalized spacial score (nSPS) is 12.1. The summed E-state index contributed by atoms with van der Waals surface area (Å²) in [7, 11) is 1.62. The first-order chi connectivity index (χ1) is 16.4. The van der Waals surface area contributed by atoms with Crippen LogP contribution in [-0.2, 0) is 11.3 Å². The van der Waals surface area contributed by atoms with E-state index < -0.39 is 6.10 Å². The first-order valence-corrected chi connectivity index (χ1v) is 11.3. The molecule has 1 heterocycles. The minimum Gasteiger partial charge on any atom is -0.493 e. The van der Waals surface area contributed by atoms with E-state index in [-0.39, 0.29) is 19.3 Å². The molecule has 0 fully saturated rings. The predicted octanol–water partition coefficient (Wildman–Crippen LogP) is 4.20. The summed E-state index contributed by atoms with van der Waals surface area (Å²) in [5.74, 6) is 4.26. The predicted molar refractivity (Wildman–Crippen MR) is 133 cm³/mol. The van der Waals surface area contributed by atoms with Gasteiger partial charge in [-0.25, -0.2) is 4.68 Å². The Morgan fingerprint density at radius 3 is 2.41 bits per heavy atom. The number of rotatable bonds is 12. The largest absolute Gasteiger partial charge is 0.493 e. The molecule has 2 aromatic carbocycles. The Morgan fingerprint density at radius 2 is 1.76 bits per heavy atom. The number of aliphatic hydroxyl groups excluding tert-OH is 1. The van der Waals surface area contributed by atoms with Crippen LogP contribution in [0, 0.1) is 19.3 Å². The summed E-state index contributed by atoms with van der Waals surface area (Å²) in [6.07, 6.45) is 4.57. The Bertz CT molecular complexity index is 1090. The number of ether oxygens (including phenoxy) is 3. The van der Waals surface area contributed by atoms with Crippen molar-refractivity contribution < 1.29 is 19.3 Å². The van der Waals surface area contributed by atoms with Gasteiger partial charge in [0, 0.05) is 19.1 Å². The van der Waals surface area contributed by atoms with Crippen LogP contribution >= 0.6 is 0 Å². The van der Waals surface area contributed by atoms with Crippen molar-refractivity contribution >= 4 is 0 Å². The van der Waals surface area contributed by atoms with Gasteiger partial charge in [-0.1, -0.05) is 36.3 Å². The topological polar surface area (TPSA) is 69.0 Å². The van der Waals surface area contributed by atoms with Crippen molar-refractivity contribution in [3.63, 3.8) is 0 Å². The molecule has 0 unspecified atom stereocenters. The molecule has 34 heavy (non-hydrogen) atoms. The summed E-state index contributed by atoms with van der Waals surface area (Å²) in [4.78, 5) is 2.17. The fourth-order valence-electron chi connectivity index (χ4n) is 3.62. The molecule has 180 valence electrons. The second kappa shape index (κ2) is 12.2. The van der Waals surface area contributed by atoms with Crippen molar-refractivity contribution in [3.05, 3.63) is 65.9 Å². The molecule has 1 atom stereocenters. The lowest BCUT2D eigenvalue weighted by atomic mass is 10.2. The van der Waals surface area contributed by atoms with Crippen LogP contribution in [0.4, 0.5) is 0 Å². The Kier molecular flexibility index (Phi) is 9.11. The number of aromatic nitrogens is 2. The van der Waals surface area contributed by atoms with E-state index in [2.05, 4.69) is 24.7 Å². The lowest BCUT2D eigenvalue weighted by molar-refractivity contribution is 0.0190. The molecule has 0 bridgehead atoms. The summed E-state index contributed by atoms with van der Waals surface area (Å²) in [6, 6.07) is 17.6. The van der Waals surface area contributed by atoms with Gasteiger partial charge < -0.3 is 19.3 Å². The molecule has 1 aromatic heterocycles. The maximum absolute atomic E-state index is 10.5. The highest BCUT2D eigenvalue weighted by Crippen LogP contribution is 2.36. The second-order valence-electron chi connectivity index (χ2n) is 8.27. The number of para-hydroxylation sites is 3. The number of hydrogen-bond acceptors (Lipinski definition) is 6. The molecular weight excluding hydrogens is 430 g/mol. The van der Waals surface area contributed by atoms with Gasteiger partial charge in [0.15, 0.2) is 11.5 Å². The van der Waals surface area contributed by atoms with E-state index in [1.54, 1.807) is 7.11 Å². The van der Waals surface area contributed by atoms with E-state index in [0.29, 0.717) is 30.5 Å². The van der Waals surface area contributed by atoms with Gasteiger partial charge in [0.05, 0.1) is 36.8 Å². The Balaban J connectivity index is 1.97. The number of aliphatic hydroxyl groups is 1. The maximum Gasteiger partial charge on any atom is 0.227 e. The average molecular weight is 464 g/mol. The third kappa shape index (κ3) is 6.39. The van der Waals surface area contributed by atoms with Crippen molar-refractivity contribution in [2.24, 2.45) is 0 Å². The molecule has 1 N–H and O–H groups in total. The average Bonchev–Trinajstić information content (AvgIpc) is 3.14. The minimum atomic E-state index is -0.668. The number of nitrogens with zero attached hydrogens (tertiary/aromatic N) is 3. The summed E-state index contributed by atoms with van der Waals surface area (Å²) in [5, 5.41) is 15.3. The lowest BCUT2D eigenvalue weighted by Gasteiger charge is -2.29. The monoisotopic (exact) mass is 463 g/mol. The summed E-state index contributed by atoms with van der Waals surface area (Å²) in [5.41, 5.74) is 2.67. The molecule has 7 heteroatoms. The first kappa shape index (κ1) is 25.3. The van der Waals surface area contributed by atoms with Gasteiger partial charge in [0.2, 0.25) is 5.88 Å². The number of terminal acetylenes is 1. The highest BCUT2D eigenvalue weighted by atomic mass is 16.5. The number of benzene rings is 2. The van der Waals surface area contributed by atoms with Gasteiger partial charge in [0.25, 0.3) is 0 Å². The maximum atomic E-state index is 10.5. The molecule has 0 aliphatic heterocycles. The van der Waals surface area contributed by atoms with Crippen molar-refractivity contribution in [3.8, 4) is 35.4 Å². The zero-order chi connectivity index (χ0) is 24.5. The molecule has 0 aliphatic rings. The van der Waals surface area contributed by atoms with Crippen LogP contribution in [-0.4, -0.2) is 58.8 Å². The van der Waals surface area contributed by atoms with Gasteiger partial charge in [-0.05, 0) is 45.0 Å². The quantitative estimate of drug-likeness (QED) is 0.321. The van der Waals surface area contributed by atoms with Gasteiger partial charge in [-0.2, -0.15) is 5.10 Å². The molecule has 0 aliphatic carbocycles. The van der Waals surface area contributed by atoms with Crippen LogP contribution in [0.5, 0.6) is 17.4 Å². The lowest BCUT2D eigenvalue weighted by Crippen LogP contribution is -2.39. The van der Waals surface area contributed by atoms with Crippen molar-refractivity contribution in [1.82, 2.24) is 14.7 Å². The zero-order valence-corrected chi connectivity index (χ0v) is 20.3. The molecule has 0 saturated carbocycles. The fraction of sp³-hybridized carbons (Fsp3) is 0.370. The summed E-state index contributed by atoms with van der Waals surface area (Å²) < 4.78 is 19.1. The molecule has 0 saturated heterocycles. The third-order valence-electron chi connectivity index (χ3n) is 5.45. The molecular formula is C27H33N3O4. The Hall–Kier alpha value is -3.31. The van der Waals surface area contributed by atoms with E-state index in [0.717, 1.165) is 16.9 Å². The van der Waals surface area contributed by atoms with Crippen LogP contribution < -0.4 is 9.47 Å². The van der Waals surface area contributed by atoms with Crippen LogP contribution in [0.25, 0.3) is 5.69 Å². The molecule has 3 rings (SSSR count). The Labute approximate surface area is 201 Å². The van der Waals surface area contributed by atoms with Crippen LogP contribution in [0.3, 0.4) is 0 Å². The van der Waals surface area contributed by atoms with E-state index in [9.17, 15) is 5.11 Å². The number of aryl methyl sites for hydroxylation is 1. The van der Waals surface area contributed by atoms with Crippen LogP contribution in [0.1, 0.15) is 25.1 Å². The van der Waals surface area contributed by atoms with Gasteiger partial charge in [-0.15, -0.1) is 6.42 Å². The SMILES string of the molecule is C#CCOC[C@H](O)CN(Cc1c(C)nn(-c2ccccc2)c1Oc1ccccc1OC)C(C)C. The first-order valence-electron chi connectivity index (χ1n) is 11.3. The smallest absolute Gasteiger partial charge is 0.227 e. The molecule has 3 aromatic rings. The zero-order valence-electron chi connectivity index (χ0n) is 20.3. The van der Waals surface area contributed by atoms with E-state index >= 15 is 0 Å². The highest BCUT2D eigenvalue weighted by molar-refractivity contribution is 5.47. The van der Waals surface area contributed by atoms with E-state index in [1.807, 2.05) is 66.2 Å². The summed E-state index contributed by atoms with van der Waals surface area (Å²) >= 11 is 0. The second-order valence-corrected chi connectivity index (χ2v) is 8.27. The number of hydrogen-bond donors (Lipinski definition) is 1. The molecule has 0 amide bonds. The highest BCUT2D eigenvalue weighted by Gasteiger charge is 2.24. The van der Waals surface area contributed by atoms with Crippen molar-refractivity contribution in [2.45, 2.75) is 39.5 Å². The third-order valence-corrected chi connectivity index (χ3v) is 5.45. The summed E-state index contributed by atoms with van der Waals surface area (Å²) in [6.45, 7) is 7.46. The fourth-order valence-corrected chi connectivity index (χ4v) is 3.62. The molecule has 0 spiro atoms. The van der Waals surface area contributed by atoms with Crippen LogP contribution in [0.15, 0.2) is 54.6 Å². The molecule has 7 nitrogen and oxygen atoms in total. The van der Waals surface area contributed by atoms with Crippen molar-refractivity contribution in [1.29, 1.82) is 0 Å². The molecule has 0 radical (unpaired) electrons. The van der Waals surface area contributed by atoms with Gasteiger partial charge in [0.1, 0.15) is 6.61 Å².